The van der Waals surface area contributed by atoms with Crippen LogP contribution in [0.2, 0.25) is 23.7 Å². The Morgan fingerprint density at radius 2 is 1.64 bits per heavy atom. The summed E-state index contributed by atoms with van der Waals surface area (Å²) in [7, 11) is -1.47. The summed E-state index contributed by atoms with van der Waals surface area (Å²) < 4.78 is 0. The van der Waals surface area contributed by atoms with Gasteiger partial charge in [-0.1, -0.05) is 47.7 Å². The summed E-state index contributed by atoms with van der Waals surface area (Å²) in [5.41, 5.74) is 0.340. The van der Waals surface area contributed by atoms with Crippen molar-refractivity contribution in [2.24, 2.45) is 0 Å². The largest absolute Gasteiger partial charge is 0.300 e. The van der Waals surface area contributed by atoms with Gasteiger partial charge in [0.05, 0.1) is 8.07 Å². The van der Waals surface area contributed by atoms with Crippen LogP contribution in [0.1, 0.15) is 47.5 Å². The number of hydrogen-bond donors (Lipinski definition) is 0. The summed E-state index contributed by atoms with van der Waals surface area (Å²) in [6.45, 7) is 15.7. The lowest BCUT2D eigenvalue weighted by Crippen LogP contribution is -2.45. The molecule has 0 amide bonds. The third-order valence-corrected chi connectivity index (χ3v) is 10.3. The summed E-state index contributed by atoms with van der Waals surface area (Å²) in [5.74, 6) is 0.471. The van der Waals surface area contributed by atoms with Gasteiger partial charge in [0.15, 0.2) is 0 Å². The molecule has 0 aliphatic carbocycles. The Morgan fingerprint density at radius 1 is 1.21 bits per heavy atom. The molecular formula is C12H26OSi. The van der Waals surface area contributed by atoms with E-state index in [2.05, 4.69) is 40.8 Å². The quantitative estimate of drug-likeness (QED) is 0.639. The monoisotopic (exact) mass is 214 g/mol. The molecule has 0 radical (unpaired) electrons. The van der Waals surface area contributed by atoms with Gasteiger partial charge in [0, 0.05) is 12.0 Å². The predicted octanol–water partition coefficient (Wildman–Crippen LogP) is 4.25. The third kappa shape index (κ3) is 2.69. The van der Waals surface area contributed by atoms with E-state index in [1.807, 2.05) is 6.92 Å². The van der Waals surface area contributed by atoms with E-state index in [0.717, 1.165) is 6.42 Å². The van der Waals surface area contributed by atoms with Crippen LogP contribution < -0.4 is 0 Å². The highest BCUT2D eigenvalue weighted by Crippen LogP contribution is 2.45. The zero-order chi connectivity index (χ0) is 11.6. The van der Waals surface area contributed by atoms with Crippen molar-refractivity contribution in [1.29, 1.82) is 0 Å². The van der Waals surface area contributed by atoms with Crippen molar-refractivity contribution in [2.75, 3.05) is 0 Å². The number of hydrogen-bond acceptors (Lipinski definition) is 1. The maximum atomic E-state index is 11.9. The smallest absolute Gasteiger partial charge is 0.133 e. The van der Waals surface area contributed by atoms with Gasteiger partial charge in [0.1, 0.15) is 5.78 Å². The molecule has 0 bridgehead atoms. The average molecular weight is 214 g/mol. The zero-order valence-electron chi connectivity index (χ0n) is 10.9. The fourth-order valence-electron chi connectivity index (χ4n) is 1.91. The fraction of sp³-hybridized carbons (Fsp3) is 0.917. The van der Waals surface area contributed by atoms with Gasteiger partial charge in [0.2, 0.25) is 0 Å². The SMILES string of the molecule is CCC(=O)[C@H](CC)[Si](C)(C)C(C)(C)C. The number of rotatable bonds is 4. The predicted molar refractivity (Wildman–Crippen MR) is 66.5 cm³/mol. The van der Waals surface area contributed by atoms with Gasteiger partial charge in [0.25, 0.3) is 0 Å². The molecule has 1 atom stereocenters. The van der Waals surface area contributed by atoms with E-state index >= 15 is 0 Å². The lowest BCUT2D eigenvalue weighted by atomic mass is 10.2. The Labute approximate surface area is 90.3 Å². The maximum Gasteiger partial charge on any atom is 0.133 e. The molecule has 0 heterocycles. The van der Waals surface area contributed by atoms with Crippen LogP contribution in [-0.2, 0) is 4.79 Å². The molecule has 0 N–H and O–H groups in total. The first-order valence-corrected chi connectivity index (χ1v) is 8.78. The zero-order valence-corrected chi connectivity index (χ0v) is 11.9. The standard InChI is InChI=1S/C12H26OSi/c1-8-10(13)11(9-2)14(6,7)12(3,4)5/h11H,8-9H2,1-7H3/t11-/m0/s1. The van der Waals surface area contributed by atoms with Crippen LogP contribution in [-0.4, -0.2) is 13.9 Å². The van der Waals surface area contributed by atoms with E-state index in [-0.39, 0.29) is 0 Å². The minimum atomic E-state index is -1.47. The van der Waals surface area contributed by atoms with Gasteiger partial charge in [-0.2, -0.15) is 0 Å². The molecule has 0 aliphatic heterocycles. The highest BCUT2D eigenvalue weighted by molar-refractivity contribution is 6.84. The molecule has 0 spiro atoms. The Morgan fingerprint density at radius 3 is 1.86 bits per heavy atom. The number of Topliss-reactive ketones (excluding diaryl/α,β-unsaturated/α-hetero) is 1. The van der Waals surface area contributed by atoms with Crippen LogP contribution in [0.3, 0.4) is 0 Å². The molecule has 0 rings (SSSR count). The molecule has 2 heteroatoms. The normalized spacial score (nSPS) is 15.4. The molecule has 0 unspecified atom stereocenters. The average Bonchev–Trinajstić information content (AvgIpc) is 2.02. The molecule has 0 saturated carbocycles. The molecule has 1 nitrogen and oxygen atoms in total. The molecule has 0 saturated heterocycles. The van der Waals surface area contributed by atoms with Gasteiger partial charge < -0.3 is 0 Å². The Kier molecular flexibility index (Phi) is 4.57. The van der Waals surface area contributed by atoms with Crippen LogP contribution in [0.15, 0.2) is 0 Å². The molecule has 84 valence electrons. The summed E-state index contributed by atoms with van der Waals surface area (Å²) in [5, 5.41) is 0.318. The van der Waals surface area contributed by atoms with Crippen molar-refractivity contribution in [3.05, 3.63) is 0 Å². The molecule has 14 heavy (non-hydrogen) atoms. The first-order valence-electron chi connectivity index (χ1n) is 5.71. The van der Waals surface area contributed by atoms with Gasteiger partial charge >= 0.3 is 0 Å². The van der Waals surface area contributed by atoms with Crippen LogP contribution >= 0.6 is 0 Å². The molecular weight excluding hydrogens is 188 g/mol. The van der Waals surface area contributed by atoms with Crippen LogP contribution in [0.25, 0.3) is 0 Å². The van der Waals surface area contributed by atoms with E-state index < -0.39 is 8.07 Å². The van der Waals surface area contributed by atoms with Crippen LogP contribution in [0, 0.1) is 0 Å². The molecule has 0 aromatic carbocycles. The third-order valence-electron chi connectivity index (χ3n) is 3.95. The van der Waals surface area contributed by atoms with E-state index in [1.54, 1.807) is 0 Å². The highest BCUT2D eigenvalue weighted by atomic mass is 28.3. The van der Waals surface area contributed by atoms with Crippen LogP contribution in [0.4, 0.5) is 0 Å². The number of carbonyl (C=O) groups is 1. The lowest BCUT2D eigenvalue weighted by Gasteiger charge is -2.42. The van der Waals surface area contributed by atoms with E-state index in [1.165, 1.54) is 0 Å². The second-order valence-corrected chi connectivity index (χ2v) is 11.4. The minimum absolute atomic E-state index is 0.318. The van der Waals surface area contributed by atoms with Gasteiger partial charge in [-0.3, -0.25) is 4.79 Å². The minimum Gasteiger partial charge on any atom is -0.300 e. The van der Waals surface area contributed by atoms with E-state index in [9.17, 15) is 4.79 Å². The molecule has 0 aromatic rings. The van der Waals surface area contributed by atoms with Crippen molar-refractivity contribution in [2.45, 2.75) is 71.1 Å². The Balaban J connectivity index is 4.93. The summed E-state index contributed by atoms with van der Waals surface area (Å²) in [4.78, 5) is 11.9. The van der Waals surface area contributed by atoms with E-state index in [0.29, 0.717) is 22.8 Å². The van der Waals surface area contributed by atoms with Crippen molar-refractivity contribution in [1.82, 2.24) is 0 Å². The van der Waals surface area contributed by atoms with Crippen molar-refractivity contribution >= 4 is 13.9 Å². The van der Waals surface area contributed by atoms with Gasteiger partial charge in [-0.25, -0.2) is 0 Å². The van der Waals surface area contributed by atoms with Crippen molar-refractivity contribution in [3.8, 4) is 0 Å². The van der Waals surface area contributed by atoms with Gasteiger partial charge in [-0.15, -0.1) is 0 Å². The first kappa shape index (κ1) is 13.9. The molecule has 0 fully saturated rings. The second kappa shape index (κ2) is 4.60. The molecule has 0 aliphatic rings. The first-order chi connectivity index (χ1) is 6.18. The summed E-state index contributed by atoms with van der Waals surface area (Å²) >= 11 is 0. The molecule has 0 aromatic heterocycles. The fourth-order valence-corrected chi connectivity index (χ4v) is 4.98. The summed E-state index contributed by atoms with van der Waals surface area (Å²) in [6.07, 6.45) is 1.72. The van der Waals surface area contributed by atoms with Crippen molar-refractivity contribution in [3.63, 3.8) is 0 Å². The topological polar surface area (TPSA) is 17.1 Å². The maximum absolute atomic E-state index is 11.9. The lowest BCUT2D eigenvalue weighted by molar-refractivity contribution is -0.118. The number of ketones is 1. The van der Waals surface area contributed by atoms with Gasteiger partial charge in [-0.05, 0) is 11.5 Å². The second-order valence-electron chi connectivity index (χ2n) is 5.75. The Bertz CT molecular complexity index is 201. The highest BCUT2D eigenvalue weighted by Gasteiger charge is 2.43. The summed E-state index contributed by atoms with van der Waals surface area (Å²) in [6, 6.07) is 0. The van der Waals surface area contributed by atoms with E-state index in [4.69, 9.17) is 0 Å². The van der Waals surface area contributed by atoms with Crippen LogP contribution in [0.5, 0.6) is 0 Å². The Hall–Kier alpha value is -0.113. The number of carbonyl (C=O) groups excluding carboxylic acids is 1. The van der Waals surface area contributed by atoms with Crippen molar-refractivity contribution < 1.29 is 4.79 Å².